The topological polar surface area (TPSA) is 66.5 Å². The van der Waals surface area contributed by atoms with Crippen molar-refractivity contribution in [2.45, 2.75) is 51.9 Å². The molecule has 5 nitrogen and oxygen atoms in total. The van der Waals surface area contributed by atoms with E-state index < -0.39 is 10.0 Å². The van der Waals surface area contributed by atoms with Crippen molar-refractivity contribution in [3.8, 4) is 0 Å². The highest BCUT2D eigenvalue weighted by atomic mass is 32.2. The van der Waals surface area contributed by atoms with Crippen LogP contribution in [0.5, 0.6) is 0 Å². The van der Waals surface area contributed by atoms with Crippen LogP contribution < -0.4 is 5.32 Å². The van der Waals surface area contributed by atoms with Crippen LogP contribution in [0.3, 0.4) is 0 Å². The van der Waals surface area contributed by atoms with Crippen LogP contribution in [-0.4, -0.2) is 31.7 Å². The Morgan fingerprint density at radius 1 is 1.20 bits per heavy atom. The van der Waals surface area contributed by atoms with E-state index in [4.69, 9.17) is 0 Å². The lowest BCUT2D eigenvalue weighted by Crippen LogP contribution is -2.31. The molecule has 1 unspecified atom stereocenters. The third-order valence-corrected chi connectivity index (χ3v) is 6.91. The molecule has 0 spiro atoms. The van der Waals surface area contributed by atoms with Crippen LogP contribution in [-0.2, 0) is 14.8 Å². The maximum atomic E-state index is 12.8. The Balaban J connectivity index is 2.34. The summed E-state index contributed by atoms with van der Waals surface area (Å²) in [6.07, 6.45) is 6.61. The van der Waals surface area contributed by atoms with E-state index in [9.17, 15) is 13.2 Å². The Hall–Kier alpha value is -1.66. The van der Waals surface area contributed by atoms with Crippen molar-refractivity contribution in [2.24, 2.45) is 5.92 Å². The highest BCUT2D eigenvalue weighted by molar-refractivity contribution is 7.89. The Bertz CT molecular complexity index is 765. The maximum absolute atomic E-state index is 12.8. The highest BCUT2D eigenvalue weighted by Crippen LogP contribution is 2.28. The molecule has 0 saturated heterocycles. The molecule has 1 N–H and O–H groups in total. The van der Waals surface area contributed by atoms with Crippen LogP contribution in [0.4, 0.5) is 5.69 Å². The molecule has 1 aromatic carbocycles. The minimum Gasteiger partial charge on any atom is -0.326 e. The molecule has 1 amide bonds. The minimum absolute atomic E-state index is 0.0377. The average molecular weight is 365 g/mol. The average Bonchev–Trinajstić information content (AvgIpc) is 2.60. The largest absolute Gasteiger partial charge is 0.326 e. The van der Waals surface area contributed by atoms with E-state index in [1.54, 1.807) is 12.1 Å². The fourth-order valence-corrected chi connectivity index (χ4v) is 4.65. The minimum atomic E-state index is -3.55. The molecular formula is C19H28N2O3S. The first-order valence-electron chi connectivity index (χ1n) is 8.88. The summed E-state index contributed by atoms with van der Waals surface area (Å²) >= 11 is 0. The molecule has 1 aliphatic rings. The second-order valence-electron chi connectivity index (χ2n) is 6.47. The van der Waals surface area contributed by atoms with Crippen molar-refractivity contribution >= 4 is 21.6 Å². The highest BCUT2D eigenvalue weighted by Gasteiger charge is 2.25. The molecule has 0 fully saturated rings. The first-order chi connectivity index (χ1) is 11.8. The van der Waals surface area contributed by atoms with Crippen LogP contribution in [0.25, 0.3) is 0 Å². The second kappa shape index (κ2) is 8.15. The molecule has 1 aliphatic carbocycles. The number of sulfonamides is 1. The number of rotatable bonds is 6. The molecule has 0 bridgehead atoms. The number of hydrogen-bond donors (Lipinski definition) is 1. The Kier molecular flexibility index (Phi) is 6.41. The number of carbonyl (C=O) groups is 1. The van der Waals surface area contributed by atoms with Gasteiger partial charge in [-0.25, -0.2) is 8.42 Å². The van der Waals surface area contributed by atoms with Crippen molar-refractivity contribution in [1.82, 2.24) is 4.31 Å². The van der Waals surface area contributed by atoms with E-state index in [1.165, 1.54) is 4.31 Å². The fraction of sp³-hybridized carbons (Fsp3) is 0.526. The van der Waals surface area contributed by atoms with E-state index in [0.29, 0.717) is 18.8 Å². The lowest BCUT2D eigenvalue weighted by molar-refractivity contribution is -0.120. The second-order valence-corrected chi connectivity index (χ2v) is 8.41. The van der Waals surface area contributed by atoms with E-state index in [0.717, 1.165) is 30.4 Å². The molecule has 0 aliphatic heterocycles. The number of aryl methyl sites for hydroxylation is 1. The Labute approximate surface area is 151 Å². The Morgan fingerprint density at radius 3 is 2.44 bits per heavy atom. The van der Waals surface area contributed by atoms with Crippen molar-refractivity contribution < 1.29 is 13.2 Å². The van der Waals surface area contributed by atoms with Gasteiger partial charge >= 0.3 is 0 Å². The molecule has 2 rings (SSSR count). The molecule has 25 heavy (non-hydrogen) atoms. The summed E-state index contributed by atoms with van der Waals surface area (Å²) in [5.41, 5.74) is 2.34. The first kappa shape index (κ1) is 19.7. The fourth-order valence-electron chi connectivity index (χ4n) is 3.08. The van der Waals surface area contributed by atoms with Gasteiger partial charge in [-0.05, 0) is 56.4 Å². The van der Waals surface area contributed by atoms with Gasteiger partial charge in [0.15, 0.2) is 0 Å². The summed E-state index contributed by atoms with van der Waals surface area (Å²) in [5.74, 6) is -0.0861. The summed E-state index contributed by atoms with van der Waals surface area (Å²) in [6, 6.07) is 3.27. The van der Waals surface area contributed by atoms with Crippen molar-refractivity contribution in [3.05, 3.63) is 35.4 Å². The SMILES string of the molecule is CCN(CC)S(=O)(=O)c1cc(C)c(C)c(NC(=O)C2CC=CCC2)c1. The first-order valence-corrected chi connectivity index (χ1v) is 10.3. The van der Waals surface area contributed by atoms with Crippen LogP contribution in [0.2, 0.25) is 0 Å². The van der Waals surface area contributed by atoms with Gasteiger partial charge in [-0.1, -0.05) is 26.0 Å². The number of allylic oxidation sites excluding steroid dienone is 2. The monoisotopic (exact) mass is 364 g/mol. The van der Waals surface area contributed by atoms with Gasteiger partial charge in [-0.15, -0.1) is 0 Å². The molecular weight excluding hydrogens is 336 g/mol. The summed E-state index contributed by atoms with van der Waals surface area (Å²) in [4.78, 5) is 12.8. The molecule has 138 valence electrons. The summed E-state index contributed by atoms with van der Waals surface area (Å²) in [6.45, 7) is 8.25. The molecule has 0 saturated carbocycles. The predicted molar refractivity (Wildman–Crippen MR) is 101 cm³/mol. The number of amides is 1. The van der Waals surface area contributed by atoms with E-state index >= 15 is 0 Å². The number of hydrogen-bond acceptors (Lipinski definition) is 3. The van der Waals surface area contributed by atoms with Gasteiger partial charge in [0.1, 0.15) is 0 Å². The third-order valence-electron chi connectivity index (χ3n) is 4.88. The zero-order valence-corrected chi connectivity index (χ0v) is 16.3. The predicted octanol–water partition coefficient (Wildman–Crippen LogP) is 3.63. The summed E-state index contributed by atoms with van der Waals surface area (Å²) in [5, 5.41) is 2.95. The number of nitrogens with one attached hydrogen (secondary N) is 1. The maximum Gasteiger partial charge on any atom is 0.243 e. The number of benzene rings is 1. The van der Waals surface area contributed by atoms with Gasteiger partial charge in [-0.2, -0.15) is 4.31 Å². The summed E-state index contributed by atoms with van der Waals surface area (Å²) < 4.78 is 27.0. The quantitative estimate of drug-likeness (QED) is 0.784. The third kappa shape index (κ3) is 4.30. The van der Waals surface area contributed by atoms with Crippen LogP contribution in [0.1, 0.15) is 44.2 Å². The van der Waals surface area contributed by atoms with E-state index in [-0.39, 0.29) is 16.7 Å². The lowest BCUT2D eigenvalue weighted by atomic mass is 9.93. The van der Waals surface area contributed by atoms with Crippen molar-refractivity contribution in [1.29, 1.82) is 0 Å². The van der Waals surface area contributed by atoms with Crippen LogP contribution in [0.15, 0.2) is 29.2 Å². The molecule has 1 atom stereocenters. The van der Waals surface area contributed by atoms with Gasteiger partial charge < -0.3 is 5.32 Å². The van der Waals surface area contributed by atoms with Crippen LogP contribution in [0, 0.1) is 19.8 Å². The van der Waals surface area contributed by atoms with Crippen LogP contribution >= 0.6 is 0 Å². The van der Waals surface area contributed by atoms with Crippen molar-refractivity contribution in [2.75, 3.05) is 18.4 Å². The molecule has 1 aromatic rings. The smallest absolute Gasteiger partial charge is 0.243 e. The van der Waals surface area contributed by atoms with Crippen molar-refractivity contribution in [3.63, 3.8) is 0 Å². The van der Waals surface area contributed by atoms with Gasteiger partial charge in [0.05, 0.1) is 4.90 Å². The van der Waals surface area contributed by atoms with Gasteiger partial charge in [-0.3, -0.25) is 4.79 Å². The number of nitrogens with zero attached hydrogens (tertiary/aromatic N) is 1. The normalized spacial score (nSPS) is 17.7. The molecule has 6 heteroatoms. The zero-order valence-electron chi connectivity index (χ0n) is 15.5. The Morgan fingerprint density at radius 2 is 1.88 bits per heavy atom. The summed E-state index contributed by atoms with van der Waals surface area (Å²) in [7, 11) is -3.55. The standard InChI is InChI=1S/C19H28N2O3S/c1-5-21(6-2)25(23,24)17-12-14(3)15(4)18(13-17)20-19(22)16-10-8-7-9-11-16/h7-8,12-13,16H,5-6,9-11H2,1-4H3,(H,20,22). The zero-order chi connectivity index (χ0) is 18.6. The van der Waals surface area contributed by atoms with E-state index in [2.05, 4.69) is 11.4 Å². The van der Waals surface area contributed by atoms with Gasteiger partial charge in [0, 0.05) is 24.7 Å². The number of anilines is 1. The van der Waals surface area contributed by atoms with Gasteiger partial charge in [0.25, 0.3) is 0 Å². The molecule has 0 heterocycles. The van der Waals surface area contributed by atoms with E-state index in [1.807, 2.05) is 33.8 Å². The molecule has 0 aromatic heterocycles. The van der Waals surface area contributed by atoms with Gasteiger partial charge in [0.2, 0.25) is 15.9 Å². The number of carbonyl (C=O) groups excluding carboxylic acids is 1. The lowest BCUT2D eigenvalue weighted by Gasteiger charge is -2.22. The molecule has 0 radical (unpaired) electrons.